The van der Waals surface area contributed by atoms with Crippen LogP contribution in [0.15, 0.2) is 12.4 Å². The van der Waals surface area contributed by atoms with E-state index in [0.717, 1.165) is 31.6 Å². The third kappa shape index (κ3) is 4.12. The van der Waals surface area contributed by atoms with E-state index in [-0.39, 0.29) is 6.61 Å². The molecule has 0 spiro atoms. The van der Waals surface area contributed by atoms with Crippen LogP contribution in [0.25, 0.3) is 0 Å². The largest absolute Gasteiger partial charge is 0.396 e. The molecule has 0 fully saturated rings. The van der Waals surface area contributed by atoms with Gasteiger partial charge in [-0.05, 0) is 19.3 Å². The summed E-state index contributed by atoms with van der Waals surface area (Å²) in [6.07, 6.45) is 6.16. The van der Waals surface area contributed by atoms with E-state index in [1.54, 1.807) is 12.4 Å². The van der Waals surface area contributed by atoms with E-state index in [1.165, 1.54) is 0 Å². The van der Waals surface area contributed by atoms with Crippen LogP contribution < -0.4 is 10.6 Å². The normalized spacial score (nSPS) is 10.3. The summed E-state index contributed by atoms with van der Waals surface area (Å²) in [5.41, 5.74) is 5.45. The Bertz CT molecular complexity index is 275. The van der Waals surface area contributed by atoms with Gasteiger partial charge in [-0.15, -0.1) is 0 Å². The summed E-state index contributed by atoms with van der Waals surface area (Å²) in [4.78, 5) is 10.2. The van der Waals surface area contributed by atoms with Crippen molar-refractivity contribution in [1.82, 2.24) is 9.97 Å². The third-order valence-corrected chi connectivity index (χ3v) is 2.20. The van der Waals surface area contributed by atoms with Gasteiger partial charge >= 0.3 is 0 Å². The van der Waals surface area contributed by atoms with Crippen molar-refractivity contribution >= 4 is 11.6 Å². The van der Waals surface area contributed by atoms with Crippen LogP contribution in [0.1, 0.15) is 19.3 Å². The Kier molecular flexibility index (Phi) is 4.83. The molecule has 0 amide bonds. The van der Waals surface area contributed by atoms with Crippen LogP contribution in [0, 0.1) is 0 Å². The summed E-state index contributed by atoms with van der Waals surface area (Å²) < 4.78 is 0. The number of anilines is 2. The number of hydrogen-bond acceptors (Lipinski definition) is 5. The van der Waals surface area contributed by atoms with E-state index >= 15 is 0 Å². The molecule has 0 aromatic carbocycles. The van der Waals surface area contributed by atoms with E-state index in [2.05, 4.69) is 9.97 Å². The number of nitrogens with two attached hydrogens (primary N) is 1. The molecule has 0 saturated heterocycles. The molecule has 0 unspecified atom stereocenters. The summed E-state index contributed by atoms with van der Waals surface area (Å²) in [5, 5.41) is 8.63. The van der Waals surface area contributed by atoms with E-state index < -0.39 is 0 Å². The number of unbranched alkanes of at least 4 members (excludes halogenated alkanes) is 2. The van der Waals surface area contributed by atoms with Gasteiger partial charge in [0.25, 0.3) is 0 Å². The molecule has 0 aliphatic rings. The van der Waals surface area contributed by atoms with Crippen molar-refractivity contribution in [2.24, 2.45) is 0 Å². The molecular weight excluding hydrogens is 192 g/mol. The first-order chi connectivity index (χ1) is 7.24. The first-order valence-electron chi connectivity index (χ1n) is 5.13. The van der Waals surface area contributed by atoms with Gasteiger partial charge in [-0.3, -0.25) is 0 Å². The van der Waals surface area contributed by atoms with Crippen molar-refractivity contribution in [3.63, 3.8) is 0 Å². The molecule has 1 aromatic heterocycles. The van der Waals surface area contributed by atoms with Gasteiger partial charge in [-0.2, -0.15) is 0 Å². The number of nitrogen functional groups attached to an aromatic ring is 1. The Labute approximate surface area is 90.0 Å². The highest BCUT2D eigenvalue weighted by molar-refractivity contribution is 5.38. The van der Waals surface area contributed by atoms with Gasteiger partial charge in [0.2, 0.25) is 0 Å². The summed E-state index contributed by atoms with van der Waals surface area (Å²) >= 11 is 0. The van der Waals surface area contributed by atoms with Crippen molar-refractivity contribution in [2.45, 2.75) is 19.3 Å². The average molecular weight is 210 g/mol. The number of nitrogens with zero attached hydrogens (tertiary/aromatic N) is 3. The molecule has 1 aromatic rings. The van der Waals surface area contributed by atoms with Gasteiger partial charge in [0.1, 0.15) is 11.6 Å². The lowest BCUT2D eigenvalue weighted by Crippen LogP contribution is -2.20. The minimum Gasteiger partial charge on any atom is -0.396 e. The second-order valence-electron chi connectivity index (χ2n) is 3.51. The lowest BCUT2D eigenvalue weighted by atomic mass is 10.2. The summed E-state index contributed by atoms with van der Waals surface area (Å²) in [7, 11) is 1.97. The van der Waals surface area contributed by atoms with E-state index in [9.17, 15) is 0 Å². The monoisotopic (exact) mass is 210 g/mol. The van der Waals surface area contributed by atoms with Gasteiger partial charge in [0.15, 0.2) is 0 Å². The predicted molar refractivity (Wildman–Crippen MR) is 60.7 cm³/mol. The number of rotatable bonds is 6. The van der Waals surface area contributed by atoms with Crippen molar-refractivity contribution in [3.05, 3.63) is 12.4 Å². The van der Waals surface area contributed by atoms with Crippen LogP contribution in [0.2, 0.25) is 0 Å². The second kappa shape index (κ2) is 6.19. The molecule has 0 atom stereocenters. The molecule has 5 nitrogen and oxygen atoms in total. The van der Waals surface area contributed by atoms with Crippen LogP contribution in [0.4, 0.5) is 11.6 Å². The molecule has 0 aliphatic carbocycles. The first kappa shape index (κ1) is 11.7. The van der Waals surface area contributed by atoms with Crippen LogP contribution >= 0.6 is 0 Å². The maximum absolute atomic E-state index is 8.63. The second-order valence-corrected chi connectivity index (χ2v) is 3.51. The maximum Gasteiger partial charge on any atom is 0.146 e. The number of aromatic nitrogens is 2. The van der Waals surface area contributed by atoms with Crippen LogP contribution in [-0.2, 0) is 0 Å². The Balaban J connectivity index is 2.33. The Morgan fingerprint density at radius 2 is 2.07 bits per heavy atom. The molecule has 1 rings (SSSR count). The number of aliphatic hydroxyl groups is 1. The minimum absolute atomic E-state index is 0.269. The molecule has 3 N–H and O–H groups in total. The van der Waals surface area contributed by atoms with Crippen LogP contribution in [-0.4, -0.2) is 35.3 Å². The number of hydrogen-bond donors (Lipinski definition) is 2. The van der Waals surface area contributed by atoms with Gasteiger partial charge in [-0.25, -0.2) is 9.97 Å². The average Bonchev–Trinajstić information content (AvgIpc) is 2.25. The zero-order valence-electron chi connectivity index (χ0n) is 9.06. The zero-order valence-corrected chi connectivity index (χ0v) is 9.06. The van der Waals surface area contributed by atoms with E-state index in [1.807, 2.05) is 11.9 Å². The SMILES string of the molecule is CN(CCCCCO)c1cnc(N)cn1. The van der Waals surface area contributed by atoms with Crippen molar-refractivity contribution in [1.29, 1.82) is 0 Å². The van der Waals surface area contributed by atoms with Gasteiger partial charge < -0.3 is 15.7 Å². The molecule has 0 saturated carbocycles. The third-order valence-electron chi connectivity index (χ3n) is 2.20. The molecule has 0 radical (unpaired) electrons. The Hall–Kier alpha value is -1.36. The fraction of sp³-hybridized carbons (Fsp3) is 0.600. The quantitative estimate of drug-likeness (QED) is 0.674. The lowest BCUT2D eigenvalue weighted by Gasteiger charge is -2.17. The fourth-order valence-corrected chi connectivity index (χ4v) is 1.28. The molecular formula is C10H18N4O. The summed E-state index contributed by atoms with van der Waals surface area (Å²) in [6, 6.07) is 0. The van der Waals surface area contributed by atoms with E-state index in [0.29, 0.717) is 5.82 Å². The molecule has 0 bridgehead atoms. The molecule has 15 heavy (non-hydrogen) atoms. The molecule has 5 heteroatoms. The summed E-state index contributed by atoms with van der Waals surface area (Å²) in [6.45, 7) is 1.18. The van der Waals surface area contributed by atoms with Gasteiger partial charge in [0, 0.05) is 20.2 Å². The Morgan fingerprint density at radius 1 is 1.27 bits per heavy atom. The lowest BCUT2D eigenvalue weighted by molar-refractivity contribution is 0.283. The minimum atomic E-state index is 0.269. The van der Waals surface area contributed by atoms with Crippen LogP contribution in [0.5, 0.6) is 0 Å². The van der Waals surface area contributed by atoms with Crippen molar-refractivity contribution in [2.75, 3.05) is 30.8 Å². The molecule has 0 aliphatic heterocycles. The van der Waals surface area contributed by atoms with Crippen molar-refractivity contribution in [3.8, 4) is 0 Å². The number of aliphatic hydroxyl groups excluding tert-OH is 1. The van der Waals surface area contributed by atoms with Crippen LogP contribution in [0.3, 0.4) is 0 Å². The van der Waals surface area contributed by atoms with Gasteiger partial charge in [0.05, 0.1) is 12.4 Å². The van der Waals surface area contributed by atoms with E-state index in [4.69, 9.17) is 10.8 Å². The molecule has 1 heterocycles. The maximum atomic E-state index is 8.63. The zero-order chi connectivity index (χ0) is 11.1. The fourth-order valence-electron chi connectivity index (χ4n) is 1.28. The summed E-state index contributed by atoms with van der Waals surface area (Å²) in [5.74, 6) is 1.26. The smallest absolute Gasteiger partial charge is 0.146 e. The standard InChI is InChI=1S/C10H18N4O/c1-14(5-3-2-4-6-15)10-8-12-9(11)7-13-10/h7-8,15H,2-6H2,1H3,(H2,11,12). The molecule has 84 valence electrons. The highest BCUT2D eigenvalue weighted by atomic mass is 16.2. The highest BCUT2D eigenvalue weighted by Gasteiger charge is 2.01. The van der Waals surface area contributed by atoms with Gasteiger partial charge in [-0.1, -0.05) is 0 Å². The first-order valence-corrected chi connectivity index (χ1v) is 5.13. The van der Waals surface area contributed by atoms with Crippen molar-refractivity contribution < 1.29 is 5.11 Å². The predicted octanol–water partition coefficient (Wildman–Crippen LogP) is 0.658. The highest BCUT2D eigenvalue weighted by Crippen LogP contribution is 2.08. The Morgan fingerprint density at radius 3 is 2.67 bits per heavy atom. The topological polar surface area (TPSA) is 75.3 Å².